The maximum atomic E-state index is 12.6. The van der Waals surface area contributed by atoms with Crippen molar-refractivity contribution in [3.63, 3.8) is 0 Å². The fourth-order valence-electron chi connectivity index (χ4n) is 1.40. The normalized spacial score (nSPS) is 11.3. The second-order valence-corrected chi connectivity index (χ2v) is 6.48. The lowest BCUT2D eigenvalue weighted by atomic mass is 10.3. The average Bonchev–Trinajstić information content (AvgIpc) is 2.30. The lowest BCUT2D eigenvalue weighted by Gasteiger charge is -2.06. The molecule has 0 aliphatic rings. The molecule has 1 aromatic rings. The van der Waals surface area contributed by atoms with Crippen LogP contribution >= 0.6 is 0 Å². The fourth-order valence-corrected chi connectivity index (χ4v) is 2.07. The maximum Gasteiger partial charge on any atom is 0.238 e. The molecule has 0 heterocycles. The number of carbonyl (C=O) groups is 1. The van der Waals surface area contributed by atoms with Gasteiger partial charge in [-0.25, -0.2) is 12.8 Å². The van der Waals surface area contributed by atoms with E-state index in [4.69, 9.17) is 0 Å². The monoisotopic (exact) mass is 288 g/mol. The Kier molecular flexibility index (Phi) is 5.91. The van der Waals surface area contributed by atoms with Crippen LogP contribution in [-0.2, 0) is 14.6 Å². The van der Waals surface area contributed by atoms with Crippen molar-refractivity contribution in [3.8, 4) is 0 Å². The van der Waals surface area contributed by atoms with E-state index in [1.165, 1.54) is 30.5 Å². The summed E-state index contributed by atoms with van der Waals surface area (Å²) in [5.74, 6) is -0.526. The molecule has 0 radical (unpaired) electrons. The number of benzene rings is 1. The van der Waals surface area contributed by atoms with Gasteiger partial charge in [-0.15, -0.1) is 0 Å². The van der Waals surface area contributed by atoms with Crippen LogP contribution < -0.4 is 10.6 Å². The molecular weight excluding hydrogens is 271 g/mol. The zero-order chi connectivity index (χ0) is 14.3. The maximum absolute atomic E-state index is 12.6. The van der Waals surface area contributed by atoms with Crippen molar-refractivity contribution in [2.45, 2.75) is 6.42 Å². The van der Waals surface area contributed by atoms with Crippen LogP contribution in [0.4, 0.5) is 10.1 Å². The molecule has 106 valence electrons. The van der Waals surface area contributed by atoms with E-state index in [0.29, 0.717) is 18.7 Å². The standard InChI is InChI=1S/C12H17FN2O3S/c1-19(17,18)8-2-7-14-9-12(16)15-11-5-3-10(13)4-6-11/h3-6,14H,2,7-9H2,1H3,(H,15,16). The third-order valence-corrected chi connectivity index (χ3v) is 3.31. The van der Waals surface area contributed by atoms with Crippen molar-refractivity contribution >= 4 is 21.4 Å². The summed E-state index contributed by atoms with van der Waals surface area (Å²) in [5, 5.41) is 5.43. The van der Waals surface area contributed by atoms with E-state index in [1.54, 1.807) is 0 Å². The van der Waals surface area contributed by atoms with Gasteiger partial charge in [0.2, 0.25) is 5.91 Å². The molecule has 0 saturated heterocycles. The van der Waals surface area contributed by atoms with Crippen molar-refractivity contribution in [1.29, 1.82) is 0 Å². The molecule has 0 spiro atoms. The lowest BCUT2D eigenvalue weighted by molar-refractivity contribution is -0.115. The van der Waals surface area contributed by atoms with Gasteiger partial charge in [0, 0.05) is 11.9 Å². The molecule has 0 unspecified atom stereocenters. The molecule has 0 aliphatic heterocycles. The second kappa shape index (κ2) is 7.20. The van der Waals surface area contributed by atoms with Crippen molar-refractivity contribution in [1.82, 2.24) is 5.32 Å². The lowest BCUT2D eigenvalue weighted by Crippen LogP contribution is -2.29. The van der Waals surface area contributed by atoms with Crippen molar-refractivity contribution in [2.75, 3.05) is 30.4 Å². The molecule has 2 N–H and O–H groups in total. The smallest absolute Gasteiger partial charge is 0.238 e. The van der Waals surface area contributed by atoms with Crippen molar-refractivity contribution in [3.05, 3.63) is 30.1 Å². The SMILES string of the molecule is CS(=O)(=O)CCCNCC(=O)Nc1ccc(F)cc1. The Morgan fingerprint density at radius 2 is 1.89 bits per heavy atom. The molecule has 1 amide bonds. The summed E-state index contributed by atoms with van der Waals surface area (Å²) in [7, 11) is -2.95. The number of nitrogens with one attached hydrogen (secondary N) is 2. The highest BCUT2D eigenvalue weighted by atomic mass is 32.2. The van der Waals surface area contributed by atoms with Gasteiger partial charge in [-0.05, 0) is 37.2 Å². The average molecular weight is 288 g/mol. The molecular formula is C12H17FN2O3S. The van der Waals surface area contributed by atoms with Gasteiger partial charge in [-0.2, -0.15) is 0 Å². The van der Waals surface area contributed by atoms with Crippen LogP contribution in [0.3, 0.4) is 0 Å². The molecule has 19 heavy (non-hydrogen) atoms. The largest absolute Gasteiger partial charge is 0.325 e. The molecule has 1 aromatic carbocycles. The summed E-state index contributed by atoms with van der Waals surface area (Å²) in [4.78, 5) is 11.5. The third-order valence-electron chi connectivity index (χ3n) is 2.28. The number of amides is 1. The van der Waals surface area contributed by atoms with Gasteiger partial charge in [0.1, 0.15) is 15.7 Å². The van der Waals surface area contributed by atoms with Gasteiger partial charge in [0.05, 0.1) is 12.3 Å². The fraction of sp³-hybridized carbons (Fsp3) is 0.417. The summed E-state index contributed by atoms with van der Waals surface area (Å²) in [6.45, 7) is 0.533. The van der Waals surface area contributed by atoms with E-state index in [9.17, 15) is 17.6 Å². The van der Waals surface area contributed by atoms with Gasteiger partial charge in [0.25, 0.3) is 0 Å². The molecule has 0 aliphatic carbocycles. The van der Waals surface area contributed by atoms with Crippen LogP contribution in [0.5, 0.6) is 0 Å². The quantitative estimate of drug-likeness (QED) is 0.727. The van der Waals surface area contributed by atoms with E-state index in [1.807, 2.05) is 0 Å². The molecule has 0 bridgehead atoms. The number of sulfone groups is 1. The molecule has 0 aromatic heterocycles. The van der Waals surface area contributed by atoms with Crippen LogP contribution in [0.2, 0.25) is 0 Å². The van der Waals surface area contributed by atoms with Gasteiger partial charge >= 0.3 is 0 Å². The molecule has 5 nitrogen and oxygen atoms in total. The summed E-state index contributed by atoms with van der Waals surface area (Å²) in [6, 6.07) is 5.46. The Labute approximate surface area is 112 Å². The van der Waals surface area contributed by atoms with E-state index in [0.717, 1.165) is 0 Å². The Morgan fingerprint density at radius 1 is 1.26 bits per heavy atom. The zero-order valence-corrected chi connectivity index (χ0v) is 11.5. The first-order valence-corrected chi connectivity index (χ1v) is 7.87. The molecule has 7 heteroatoms. The molecule has 0 fully saturated rings. The number of hydrogen-bond donors (Lipinski definition) is 2. The highest BCUT2D eigenvalue weighted by Crippen LogP contribution is 2.07. The number of halogens is 1. The summed E-state index contributed by atoms with van der Waals surface area (Å²) < 4.78 is 34.4. The summed E-state index contributed by atoms with van der Waals surface area (Å²) >= 11 is 0. The highest BCUT2D eigenvalue weighted by Gasteiger charge is 2.03. The van der Waals surface area contributed by atoms with Crippen LogP contribution in [0.15, 0.2) is 24.3 Å². The number of hydrogen-bond acceptors (Lipinski definition) is 4. The van der Waals surface area contributed by atoms with E-state index in [-0.39, 0.29) is 24.0 Å². The van der Waals surface area contributed by atoms with Gasteiger partial charge < -0.3 is 10.6 Å². The summed E-state index contributed by atoms with van der Waals surface area (Å²) in [5.41, 5.74) is 0.518. The number of rotatable bonds is 7. The zero-order valence-electron chi connectivity index (χ0n) is 10.6. The van der Waals surface area contributed by atoms with E-state index < -0.39 is 9.84 Å². The van der Waals surface area contributed by atoms with Gasteiger partial charge in [0.15, 0.2) is 0 Å². The van der Waals surface area contributed by atoms with Crippen LogP contribution in [-0.4, -0.2) is 39.4 Å². The predicted molar refractivity (Wildman–Crippen MR) is 72.2 cm³/mol. The Morgan fingerprint density at radius 3 is 2.47 bits per heavy atom. The topological polar surface area (TPSA) is 75.3 Å². The first-order chi connectivity index (χ1) is 8.87. The predicted octanol–water partition coefficient (Wildman–Crippen LogP) is 0.789. The Bertz CT molecular complexity index is 514. The highest BCUT2D eigenvalue weighted by molar-refractivity contribution is 7.90. The third kappa shape index (κ3) is 7.53. The van der Waals surface area contributed by atoms with Crippen LogP contribution in [0.1, 0.15) is 6.42 Å². The molecule has 0 atom stereocenters. The minimum absolute atomic E-state index is 0.0845. The van der Waals surface area contributed by atoms with E-state index >= 15 is 0 Å². The van der Waals surface area contributed by atoms with Crippen LogP contribution in [0.25, 0.3) is 0 Å². The number of anilines is 1. The van der Waals surface area contributed by atoms with Gasteiger partial charge in [-0.1, -0.05) is 0 Å². The minimum atomic E-state index is -2.95. The van der Waals surface area contributed by atoms with E-state index in [2.05, 4.69) is 10.6 Å². The van der Waals surface area contributed by atoms with Crippen molar-refractivity contribution in [2.24, 2.45) is 0 Å². The Balaban J connectivity index is 2.20. The second-order valence-electron chi connectivity index (χ2n) is 4.22. The first kappa shape index (κ1) is 15.6. The van der Waals surface area contributed by atoms with Crippen molar-refractivity contribution < 1.29 is 17.6 Å². The minimum Gasteiger partial charge on any atom is -0.325 e. The van der Waals surface area contributed by atoms with Crippen LogP contribution in [0, 0.1) is 5.82 Å². The summed E-state index contributed by atoms with van der Waals surface area (Å²) in [6.07, 6.45) is 1.64. The molecule has 1 rings (SSSR count). The van der Waals surface area contributed by atoms with Gasteiger partial charge in [-0.3, -0.25) is 4.79 Å². The number of carbonyl (C=O) groups excluding carboxylic acids is 1. The Hall–Kier alpha value is -1.47. The first-order valence-electron chi connectivity index (χ1n) is 5.81. The molecule has 0 saturated carbocycles.